The monoisotopic (exact) mass is 480 g/mol. The molecule has 4 heterocycles. The zero-order chi connectivity index (χ0) is 23.9. The summed E-state index contributed by atoms with van der Waals surface area (Å²) in [7, 11) is 0. The number of nitrogens with zero attached hydrogens (tertiary/aromatic N) is 8. The second kappa shape index (κ2) is 8.69. The molecule has 33 heavy (non-hydrogen) atoms. The largest absolute Gasteiger partial charge is 0.451 e. The lowest BCUT2D eigenvalue weighted by atomic mass is 10.1. The average Bonchev–Trinajstić information content (AvgIpc) is 3.28. The molecular weight excluding hydrogens is 457 g/mol. The molecule has 0 unspecified atom stereocenters. The van der Waals surface area contributed by atoms with E-state index in [1.165, 1.54) is 11.3 Å². The minimum absolute atomic E-state index is 0.0352. The second-order valence-electron chi connectivity index (χ2n) is 7.93. The number of amides is 1. The van der Waals surface area contributed by atoms with Crippen molar-refractivity contribution >= 4 is 22.2 Å². The van der Waals surface area contributed by atoms with Gasteiger partial charge in [0.15, 0.2) is 0 Å². The Kier molecular flexibility index (Phi) is 6.08. The van der Waals surface area contributed by atoms with Crippen LogP contribution in [0.5, 0.6) is 0 Å². The molecule has 4 rings (SSSR count). The Labute approximate surface area is 192 Å². The number of alkyl halides is 3. The summed E-state index contributed by atoms with van der Waals surface area (Å²) in [6, 6.07) is -0.0738. The van der Waals surface area contributed by atoms with E-state index < -0.39 is 12.0 Å². The minimum atomic E-state index is -4.60. The molecule has 9 nitrogen and oxygen atoms in total. The SMILES string of the molecule is Cc1nc(C)n(CC(=O)N2CCN(c3sc(C)nc3-c3cnc(C(F)(F)F)nc3)C[C@@H]2C)n1. The number of hydrogen-bond donors (Lipinski definition) is 0. The van der Waals surface area contributed by atoms with Crippen LogP contribution in [-0.2, 0) is 17.5 Å². The van der Waals surface area contributed by atoms with Crippen molar-refractivity contribution in [1.82, 2.24) is 34.6 Å². The fourth-order valence-corrected chi connectivity index (χ4v) is 4.83. The number of piperazine rings is 1. The number of hydrogen-bond acceptors (Lipinski definition) is 8. The molecule has 0 aliphatic carbocycles. The number of anilines is 1. The first-order valence-corrected chi connectivity index (χ1v) is 11.1. The van der Waals surface area contributed by atoms with Crippen molar-refractivity contribution in [1.29, 1.82) is 0 Å². The number of halogens is 3. The third-order valence-electron chi connectivity index (χ3n) is 5.38. The molecule has 0 radical (unpaired) electrons. The molecule has 1 amide bonds. The molecule has 0 bridgehead atoms. The first-order chi connectivity index (χ1) is 15.5. The molecule has 3 aromatic rings. The Bertz CT molecular complexity index is 1160. The highest BCUT2D eigenvalue weighted by atomic mass is 32.1. The van der Waals surface area contributed by atoms with Crippen LogP contribution >= 0.6 is 11.3 Å². The lowest BCUT2D eigenvalue weighted by molar-refractivity contribution is -0.145. The first kappa shape index (κ1) is 23.1. The van der Waals surface area contributed by atoms with Gasteiger partial charge in [0.2, 0.25) is 11.7 Å². The van der Waals surface area contributed by atoms with Gasteiger partial charge in [0, 0.05) is 43.6 Å². The van der Waals surface area contributed by atoms with E-state index in [1.807, 2.05) is 25.7 Å². The summed E-state index contributed by atoms with van der Waals surface area (Å²) < 4.78 is 40.0. The first-order valence-electron chi connectivity index (χ1n) is 10.3. The number of carbonyl (C=O) groups is 1. The van der Waals surface area contributed by atoms with Crippen molar-refractivity contribution in [2.45, 2.75) is 46.5 Å². The van der Waals surface area contributed by atoms with Crippen LogP contribution in [0.1, 0.15) is 29.4 Å². The van der Waals surface area contributed by atoms with Crippen LogP contribution in [-0.4, -0.2) is 66.2 Å². The van der Waals surface area contributed by atoms with Crippen LogP contribution in [0, 0.1) is 20.8 Å². The normalized spacial score (nSPS) is 17.0. The van der Waals surface area contributed by atoms with Crippen LogP contribution in [0.2, 0.25) is 0 Å². The molecule has 0 saturated carbocycles. The van der Waals surface area contributed by atoms with Gasteiger partial charge in [-0.15, -0.1) is 11.3 Å². The van der Waals surface area contributed by atoms with Gasteiger partial charge in [0.05, 0.1) is 5.01 Å². The molecule has 1 atom stereocenters. The van der Waals surface area contributed by atoms with E-state index in [2.05, 4.69) is 29.9 Å². The van der Waals surface area contributed by atoms with Crippen LogP contribution in [0.3, 0.4) is 0 Å². The predicted octanol–water partition coefficient (Wildman–Crippen LogP) is 2.87. The zero-order valence-corrected chi connectivity index (χ0v) is 19.4. The van der Waals surface area contributed by atoms with Crippen molar-refractivity contribution in [3.8, 4) is 11.3 Å². The van der Waals surface area contributed by atoms with E-state index in [0.717, 1.165) is 22.4 Å². The van der Waals surface area contributed by atoms with Gasteiger partial charge in [-0.2, -0.15) is 18.3 Å². The smallest absolute Gasteiger partial charge is 0.358 e. The van der Waals surface area contributed by atoms with Gasteiger partial charge in [-0.05, 0) is 27.7 Å². The predicted molar refractivity (Wildman–Crippen MR) is 116 cm³/mol. The maximum atomic E-state index is 12.9. The van der Waals surface area contributed by atoms with Crippen LogP contribution < -0.4 is 4.90 Å². The van der Waals surface area contributed by atoms with E-state index >= 15 is 0 Å². The van der Waals surface area contributed by atoms with Gasteiger partial charge in [-0.25, -0.2) is 24.6 Å². The fraction of sp³-hybridized carbons (Fsp3) is 0.500. The van der Waals surface area contributed by atoms with Crippen molar-refractivity contribution in [2.24, 2.45) is 0 Å². The Morgan fingerprint density at radius 2 is 1.85 bits per heavy atom. The van der Waals surface area contributed by atoms with E-state index in [-0.39, 0.29) is 18.5 Å². The van der Waals surface area contributed by atoms with Crippen molar-refractivity contribution in [3.63, 3.8) is 0 Å². The van der Waals surface area contributed by atoms with E-state index in [0.29, 0.717) is 42.5 Å². The molecule has 0 N–H and O–H groups in total. The number of thiazole rings is 1. The standard InChI is InChI=1S/C20H23F3N8OS/c1-11-9-29(5-6-30(11)16(32)10-31-13(3)26-12(2)28-31)18-17(27-14(4)33-18)15-7-24-19(25-8-15)20(21,22)23/h7-8,11H,5-6,9-10H2,1-4H3/t11-/m0/s1. The summed E-state index contributed by atoms with van der Waals surface area (Å²) in [4.78, 5) is 32.5. The molecular formula is C20H23F3N8OS. The summed E-state index contributed by atoms with van der Waals surface area (Å²) >= 11 is 1.46. The highest BCUT2D eigenvalue weighted by Gasteiger charge is 2.35. The quantitative estimate of drug-likeness (QED) is 0.567. The lowest BCUT2D eigenvalue weighted by Gasteiger charge is -2.40. The van der Waals surface area contributed by atoms with Crippen LogP contribution in [0.15, 0.2) is 12.4 Å². The summed E-state index contributed by atoms with van der Waals surface area (Å²) in [5, 5.41) is 5.87. The summed E-state index contributed by atoms with van der Waals surface area (Å²) in [5.74, 6) is 0.0968. The van der Waals surface area contributed by atoms with Gasteiger partial charge in [-0.1, -0.05) is 0 Å². The van der Waals surface area contributed by atoms with Crippen LogP contribution in [0.4, 0.5) is 18.2 Å². The maximum Gasteiger partial charge on any atom is 0.451 e. The number of aromatic nitrogens is 6. The molecule has 0 aromatic carbocycles. The molecule has 1 fully saturated rings. The van der Waals surface area contributed by atoms with Gasteiger partial charge in [-0.3, -0.25) is 4.79 Å². The van der Waals surface area contributed by atoms with E-state index in [1.54, 1.807) is 11.6 Å². The summed E-state index contributed by atoms with van der Waals surface area (Å²) in [6.45, 7) is 9.18. The van der Waals surface area contributed by atoms with Gasteiger partial charge >= 0.3 is 6.18 Å². The second-order valence-corrected chi connectivity index (χ2v) is 9.11. The third-order valence-corrected chi connectivity index (χ3v) is 6.41. The summed E-state index contributed by atoms with van der Waals surface area (Å²) in [6.07, 6.45) is -2.29. The van der Waals surface area contributed by atoms with E-state index in [9.17, 15) is 18.0 Å². The van der Waals surface area contributed by atoms with Gasteiger partial charge in [0.25, 0.3) is 0 Å². The molecule has 1 saturated heterocycles. The molecule has 13 heteroatoms. The highest BCUT2D eigenvalue weighted by molar-refractivity contribution is 7.16. The fourth-order valence-electron chi connectivity index (χ4n) is 3.86. The molecule has 1 aliphatic rings. The van der Waals surface area contributed by atoms with Gasteiger partial charge in [0.1, 0.15) is 28.9 Å². The molecule has 176 valence electrons. The van der Waals surface area contributed by atoms with Crippen molar-refractivity contribution in [2.75, 3.05) is 24.5 Å². The number of aryl methyl sites for hydroxylation is 3. The third kappa shape index (κ3) is 4.82. The van der Waals surface area contributed by atoms with Crippen molar-refractivity contribution in [3.05, 3.63) is 34.9 Å². The Balaban J connectivity index is 1.49. The molecule has 3 aromatic heterocycles. The average molecular weight is 481 g/mol. The minimum Gasteiger partial charge on any atom is -0.358 e. The molecule has 1 aliphatic heterocycles. The highest BCUT2D eigenvalue weighted by Crippen LogP contribution is 2.37. The Morgan fingerprint density at radius 3 is 2.42 bits per heavy atom. The van der Waals surface area contributed by atoms with Crippen LogP contribution in [0.25, 0.3) is 11.3 Å². The number of carbonyl (C=O) groups excluding carboxylic acids is 1. The summed E-state index contributed by atoms with van der Waals surface area (Å²) in [5.41, 5.74) is 0.970. The van der Waals surface area contributed by atoms with Crippen molar-refractivity contribution < 1.29 is 18.0 Å². The topological polar surface area (TPSA) is 92.9 Å². The number of rotatable bonds is 4. The van der Waals surface area contributed by atoms with E-state index in [4.69, 9.17) is 0 Å². The lowest BCUT2D eigenvalue weighted by Crippen LogP contribution is -2.54. The van der Waals surface area contributed by atoms with Gasteiger partial charge < -0.3 is 9.80 Å². The maximum absolute atomic E-state index is 12.9. The molecule has 0 spiro atoms. The zero-order valence-electron chi connectivity index (χ0n) is 18.6. The Morgan fingerprint density at radius 1 is 1.15 bits per heavy atom. The Hall–Kier alpha value is -3.09.